The van der Waals surface area contributed by atoms with Crippen molar-refractivity contribution in [3.05, 3.63) is 58.1 Å². The highest BCUT2D eigenvalue weighted by Gasteiger charge is 2.37. The number of fused-ring (bicyclic) bond motifs is 1. The normalized spacial score (nSPS) is 18.9. The van der Waals surface area contributed by atoms with E-state index in [9.17, 15) is 19.7 Å². The van der Waals surface area contributed by atoms with Crippen LogP contribution in [0.25, 0.3) is 0 Å². The van der Waals surface area contributed by atoms with Gasteiger partial charge in [-0.1, -0.05) is 12.8 Å². The predicted molar refractivity (Wildman–Crippen MR) is 128 cm³/mol. The Bertz CT molecular complexity index is 1110. The van der Waals surface area contributed by atoms with Gasteiger partial charge in [-0.15, -0.1) is 0 Å². The Morgan fingerprint density at radius 2 is 1.66 bits per heavy atom. The van der Waals surface area contributed by atoms with E-state index in [-0.39, 0.29) is 36.3 Å². The minimum Gasteiger partial charge on any atom is -0.454 e. The number of rotatable bonds is 6. The van der Waals surface area contributed by atoms with Gasteiger partial charge in [0, 0.05) is 55.6 Å². The fraction of sp³-hybridized carbons (Fsp3) is 0.440. The molecule has 1 aliphatic carbocycles. The van der Waals surface area contributed by atoms with Gasteiger partial charge in [-0.2, -0.15) is 0 Å². The molecule has 1 saturated heterocycles. The molecule has 0 spiro atoms. The Balaban J connectivity index is 1.24. The number of carbonyl (C=O) groups is 2. The van der Waals surface area contributed by atoms with Crippen LogP contribution in [-0.4, -0.2) is 65.6 Å². The van der Waals surface area contributed by atoms with Crippen molar-refractivity contribution in [1.82, 2.24) is 9.80 Å². The molecule has 2 aromatic rings. The molecule has 2 amide bonds. The fourth-order valence-corrected chi connectivity index (χ4v) is 5.25. The lowest BCUT2D eigenvalue weighted by Gasteiger charge is -2.40. The maximum Gasteiger partial charge on any atom is 0.269 e. The van der Waals surface area contributed by atoms with Crippen molar-refractivity contribution in [2.24, 2.45) is 5.92 Å². The van der Waals surface area contributed by atoms with Crippen LogP contribution in [0.5, 0.6) is 11.5 Å². The van der Waals surface area contributed by atoms with E-state index in [0.29, 0.717) is 48.9 Å². The van der Waals surface area contributed by atoms with Crippen molar-refractivity contribution in [3.8, 4) is 11.5 Å². The first-order valence-corrected chi connectivity index (χ1v) is 12.0. The van der Waals surface area contributed by atoms with Gasteiger partial charge in [-0.05, 0) is 43.0 Å². The van der Waals surface area contributed by atoms with Crippen LogP contribution in [0.3, 0.4) is 0 Å². The van der Waals surface area contributed by atoms with Gasteiger partial charge in [0.1, 0.15) is 0 Å². The third kappa shape index (κ3) is 4.93. The van der Waals surface area contributed by atoms with Crippen LogP contribution in [0, 0.1) is 16.0 Å². The highest BCUT2D eigenvalue weighted by atomic mass is 16.7. The van der Waals surface area contributed by atoms with Gasteiger partial charge in [0.25, 0.3) is 11.6 Å². The Kier molecular flexibility index (Phi) is 6.54. The van der Waals surface area contributed by atoms with Gasteiger partial charge in [0.15, 0.2) is 11.5 Å². The van der Waals surface area contributed by atoms with Gasteiger partial charge in [0.2, 0.25) is 12.7 Å². The number of nitro benzene ring substituents is 1. The molecule has 0 radical (unpaired) electrons. The molecule has 10 nitrogen and oxygen atoms in total. The number of anilines is 1. The molecule has 5 rings (SSSR count). The Hall–Kier alpha value is -3.66. The summed E-state index contributed by atoms with van der Waals surface area (Å²) < 4.78 is 10.8. The van der Waals surface area contributed by atoms with Crippen LogP contribution in [0.4, 0.5) is 11.4 Å². The molecule has 2 fully saturated rings. The lowest BCUT2D eigenvalue weighted by Crippen LogP contribution is -2.56. The summed E-state index contributed by atoms with van der Waals surface area (Å²) in [5.74, 6) is 1.39. The molecule has 2 aromatic carbocycles. The number of benzene rings is 2. The second-order valence-electron chi connectivity index (χ2n) is 9.18. The van der Waals surface area contributed by atoms with E-state index in [2.05, 4.69) is 10.2 Å². The molecule has 0 bridgehead atoms. The van der Waals surface area contributed by atoms with Crippen LogP contribution in [0.1, 0.15) is 36.0 Å². The first-order valence-electron chi connectivity index (χ1n) is 12.0. The zero-order valence-corrected chi connectivity index (χ0v) is 19.4. The Morgan fingerprint density at radius 1 is 0.971 bits per heavy atom. The Morgan fingerprint density at radius 3 is 2.34 bits per heavy atom. The van der Waals surface area contributed by atoms with Crippen molar-refractivity contribution in [2.45, 2.75) is 31.7 Å². The third-order valence-electron chi connectivity index (χ3n) is 7.08. The summed E-state index contributed by atoms with van der Waals surface area (Å²) >= 11 is 0. The van der Waals surface area contributed by atoms with Crippen LogP contribution < -0.4 is 14.8 Å². The van der Waals surface area contributed by atoms with Gasteiger partial charge in [-0.25, -0.2) is 0 Å². The molecular formula is C25H28N4O6. The van der Waals surface area contributed by atoms with Crippen molar-refractivity contribution in [2.75, 3.05) is 38.3 Å². The van der Waals surface area contributed by atoms with E-state index in [4.69, 9.17) is 9.47 Å². The van der Waals surface area contributed by atoms with E-state index in [1.54, 1.807) is 17.0 Å². The van der Waals surface area contributed by atoms with Crippen molar-refractivity contribution >= 4 is 23.2 Å². The summed E-state index contributed by atoms with van der Waals surface area (Å²) in [5.41, 5.74) is 1.06. The second-order valence-corrected chi connectivity index (χ2v) is 9.18. The van der Waals surface area contributed by atoms with Gasteiger partial charge in [-0.3, -0.25) is 24.6 Å². The molecule has 0 aromatic heterocycles. The number of nitrogens with one attached hydrogen (secondary N) is 1. The zero-order valence-electron chi connectivity index (χ0n) is 19.4. The zero-order chi connectivity index (χ0) is 24.4. The highest BCUT2D eigenvalue weighted by molar-refractivity contribution is 5.96. The number of hydrogen-bond donors (Lipinski definition) is 1. The molecular weight excluding hydrogens is 452 g/mol. The summed E-state index contributed by atoms with van der Waals surface area (Å²) in [5, 5.41) is 13.9. The first kappa shape index (κ1) is 23.1. The number of hydrogen-bond acceptors (Lipinski definition) is 7. The minimum atomic E-state index is -0.481. The monoisotopic (exact) mass is 480 g/mol. The lowest BCUT2D eigenvalue weighted by molar-refractivity contribution is -0.384. The topological polar surface area (TPSA) is 114 Å². The molecule has 184 valence electrons. The minimum absolute atomic E-state index is 0.0362. The first-order chi connectivity index (χ1) is 17.0. The number of nitro groups is 1. The van der Waals surface area contributed by atoms with E-state index in [1.807, 2.05) is 6.07 Å². The van der Waals surface area contributed by atoms with E-state index in [0.717, 1.165) is 25.7 Å². The average Bonchev–Trinajstić information content (AvgIpc) is 3.56. The van der Waals surface area contributed by atoms with E-state index in [1.165, 1.54) is 24.3 Å². The van der Waals surface area contributed by atoms with E-state index < -0.39 is 4.92 Å². The summed E-state index contributed by atoms with van der Waals surface area (Å²) in [7, 11) is 0. The maximum atomic E-state index is 13.5. The molecule has 3 aliphatic rings. The van der Waals surface area contributed by atoms with Crippen LogP contribution in [0.2, 0.25) is 0 Å². The summed E-state index contributed by atoms with van der Waals surface area (Å²) in [4.78, 5) is 40.7. The van der Waals surface area contributed by atoms with Crippen LogP contribution >= 0.6 is 0 Å². The lowest BCUT2D eigenvalue weighted by atomic mass is 9.94. The van der Waals surface area contributed by atoms with Gasteiger partial charge < -0.3 is 19.7 Å². The average molecular weight is 481 g/mol. The van der Waals surface area contributed by atoms with Crippen molar-refractivity contribution in [1.29, 1.82) is 0 Å². The fourth-order valence-electron chi connectivity index (χ4n) is 5.25. The highest BCUT2D eigenvalue weighted by Crippen LogP contribution is 2.35. The number of non-ortho nitro benzene ring substituents is 1. The summed E-state index contributed by atoms with van der Waals surface area (Å²) in [6.45, 7) is 2.36. The van der Waals surface area contributed by atoms with Crippen LogP contribution in [0.15, 0.2) is 42.5 Å². The van der Waals surface area contributed by atoms with Crippen molar-refractivity contribution < 1.29 is 24.0 Å². The molecule has 10 heteroatoms. The molecule has 2 aliphatic heterocycles. The molecule has 1 saturated carbocycles. The number of piperazine rings is 1. The molecule has 35 heavy (non-hydrogen) atoms. The number of ether oxygens (including phenoxy) is 2. The van der Waals surface area contributed by atoms with Gasteiger partial charge in [0.05, 0.1) is 11.0 Å². The summed E-state index contributed by atoms with van der Waals surface area (Å²) in [6, 6.07) is 10.8. The molecule has 1 atom stereocenters. The Labute approximate surface area is 202 Å². The SMILES string of the molecule is O=C(Nc1ccc2c(c1)OCO2)[C@H](C1CCCC1)N1CCN(C(=O)c2ccc([N+](=O)[O-])cc2)CC1. The number of amides is 2. The standard InChI is InChI=1S/C25H28N4O6/c30-24(26-19-7-10-21-22(15-19)35-16-34-21)23(17-3-1-2-4-17)27-11-13-28(14-12-27)25(31)18-5-8-20(9-6-18)29(32)33/h5-10,15,17,23H,1-4,11-14,16H2,(H,26,30)/t23-/m0/s1. The largest absolute Gasteiger partial charge is 0.454 e. The van der Waals surface area contributed by atoms with Crippen molar-refractivity contribution in [3.63, 3.8) is 0 Å². The van der Waals surface area contributed by atoms with Crippen LogP contribution in [-0.2, 0) is 4.79 Å². The predicted octanol–water partition coefficient (Wildman–Crippen LogP) is 3.28. The summed E-state index contributed by atoms with van der Waals surface area (Å²) in [6.07, 6.45) is 4.27. The molecule has 0 unspecified atom stereocenters. The van der Waals surface area contributed by atoms with E-state index >= 15 is 0 Å². The second kappa shape index (κ2) is 9.91. The number of carbonyl (C=O) groups excluding carboxylic acids is 2. The smallest absolute Gasteiger partial charge is 0.269 e. The molecule has 2 heterocycles. The quantitative estimate of drug-likeness (QED) is 0.498. The maximum absolute atomic E-state index is 13.5. The third-order valence-corrected chi connectivity index (χ3v) is 7.08. The number of nitrogens with zero attached hydrogens (tertiary/aromatic N) is 3. The van der Waals surface area contributed by atoms with Gasteiger partial charge >= 0.3 is 0 Å². The molecule has 1 N–H and O–H groups in total.